The third-order valence-electron chi connectivity index (χ3n) is 5.10. The number of ether oxygens (including phenoxy) is 2. The molecule has 1 aliphatic rings. The van der Waals surface area contributed by atoms with E-state index in [-0.39, 0.29) is 12.0 Å². The number of hydrogen-bond acceptors (Lipinski definition) is 4. The summed E-state index contributed by atoms with van der Waals surface area (Å²) in [6.07, 6.45) is 4.15. The lowest BCUT2D eigenvalue weighted by atomic mass is 9.67. The number of aliphatic imine (C=N–C) groups is 1. The molecule has 2 rings (SSSR count). The summed E-state index contributed by atoms with van der Waals surface area (Å²) in [4.78, 5) is 4.75. The Morgan fingerprint density at radius 3 is 2.78 bits per heavy atom. The number of aryl methyl sites for hydroxylation is 1. The largest absolute Gasteiger partial charge is 0.491 e. The van der Waals surface area contributed by atoms with E-state index in [0.717, 1.165) is 43.4 Å². The first-order valence-electron chi connectivity index (χ1n) is 9.95. The summed E-state index contributed by atoms with van der Waals surface area (Å²) in [5.74, 6) is 1.52. The van der Waals surface area contributed by atoms with Crippen molar-refractivity contribution in [1.29, 1.82) is 0 Å². The summed E-state index contributed by atoms with van der Waals surface area (Å²) in [7, 11) is 1.75. The number of guanidine groups is 1. The number of hydrogen-bond donors (Lipinski definition) is 3. The van der Waals surface area contributed by atoms with Crippen LogP contribution in [0, 0.1) is 12.3 Å². The Morgan fingerprint density at radius 1 is 1.33 bits per heavy atom. The minimum absolute atomic E-state index is 0.244. The van der Waals surface area contributed by atoms with Gasteiger partial charge in [0, 0.05) is 33.4 Å². The maximum absolute atomic E-state index is 10.2. The molecule has 0 aromatic heterocycles. The van der Waals surface area contributed by atoms with Crippen LogP contribution in [0.25, 0.3) is 0 Å². The van der Waals surface area contributed by atoms with E-state index in [9.17, 15) is 5.11 Å². The highest BCUT2D eigenvalue weighted by Crippen LogP contribution is 2.44. The zero-order chi connectivity index (χ0) is 19.5. The molecule has 0 radical (unpaired) electrons. The molecule has 152 valence electrons. The predicted molar refractivity (Wildman–Crippen MR) is 109 cm³/mol. The fraction of sp³-hybridized carbons (Fsp3) is 0.667. The van der Waals surface area contributed by atoms with Crippen LogP contribution in [-0.2, 0) is 4.74 Å². The van der Waals surface area contributed by atoms with Gasteiger partial charge in [0.2, 0.25) is 0 Å². The molecular weight excluding hydrogens is 342 g/mol. The van der Waals surface area contributed by atoms with Gasteiger partial charge in [-0.25, -0.2) is 0 Å². The third-order valence-corrected chi connectivity index (χ3v) is 5.10. The SMILES string of the molecule is CCNC(=NCC1(CCOC)CCC1)NCC(O)COc1cccc(C)c1. The van der Waals surface area contributed by atoms with E-state index < -0.39 is 6.10 Å². The molecule has 27 heavy (non-hydrogen) atoms. The van der Waals surface area contributed by atoms with Gasteiger partial charge in [0.05, 0.1) is 0 Å². The van der Waals surface area contributed by atoms with Crippen molar-refractivity contribution in [3.8, 4) is 5.75 Å². The Hall–Kier alpha value is -1.79. The molecule has 0 spiro atoms. The van der Waals surface area contributed by atoms with E-state index >= 15 is 0 Å². The van der Waals surface area contributed by atoms with E-state index in [1.54, 1.807) is 7.11 Å². The first-order valence-corrected chi connectivity index (χ1v) is 9.95. The minimum atomic E-state index is -0.611. The van der Waals surface area contributed by atoms with Crippen LogP contribution in [-0.4, -0.2) is 57.1 Å². The molecule has 6 nitrogen and oxygen atoms in total. The average Bonchev–Trinajstić information content (AvgIpc) is 2.63. The molecule has 0 bridgehead atoms. The Bertz CT molecular complexity index is 588. The smallest absolute Gasteiger partial charge is 0.191 e. The van der Waals surface area contributed by atoms with Crippen molar-refractivity contribution in [1.82, 2.24) is 10.6 Å². The maximum Gasteiger partial charge on any atom is 0.191 e. The molecule has 1 fully saturated rings. The molecule has 0 saturated heterocycles. The highest BCUT2D eigenvalue weighted by atomic mass is 16.5. The lowest BCUT2D eigenvalue weighted by Gasteiger charge is -2.40. The maximum atomic E-state index is 10.2. The zero-order valence-corrected chi connectivity index (χ0v) is 17.0. The van der Waals surface area contributed by atoms with Crippen LogP contribution in [0.5, 0.6) is 5.75 Å². The standard InChI is InChI=1S/C21H35N3O3/c1-4-22-20(24-16-21(9-6-10-21)11-12-26-3)23-14-18(25)15-27-19-8-5-7-17(2)13-19/h5,7-8,13,18,25H,4,6,9-12,14-16H2,1-3H3,(H2,22,23,24). The van der Waals surface area contributed by atoms with Crippen LogP contribution >= 0.6 is 0 Å². The molecule has 1 aromatic carbocycles. The number of aliphatic hydroxyl groups excluding tert-OH is 1. The summed E-state index contributed by atoms with van der Waals surface area (Å²) in [5, 5.41) is 16.7. The summed E-state index contributed by atoms with van der Waals surface area (Å²) < 4.78 is 10.9. The number of nitrogens with zero attached hydrogens (tertiary/aromatic N) is 1. The molecule has 0 aliphatic heterocycles. The normalized spacial score (nSPS) is 17.1. The van der Waals surface area contributed by atoms with Gasteiger partial charge >= 0.3 is 0 Å². The Labute approximate surface area is 163 Å². The van der Waals surface area contributed by atoms with Gasteiger partial charge in [-0.1, -0.05) is 18.6 Å². The van der Waals surface area contributed by atoms with Crippen LogP contribution in [0.15, 0.2) is 29.3 Å². The van der Waals surface area contributed by atoms with Crippen molar-refractivity contribution in [3.63, 3.8) is 0 Å². The van der Waals surface area contributed by atoms with E-state index in [4.69, 9.17) is 14.5 Å². The molecule has 0 heterocycles. The second-order valence-corrected chi connectivity index (χ2v) is 7.45. The first kappa shape index (κ1) is 21.5. The minimum Gasteiger partial charge on any atom is -0.491 e. The van der Waals surface area contributed by atoms with Crippen molar-refractivity contribution < 1.29 is 14.6 Å². The molecule has 1 aromatic rings. The first-order chi connectivity index (χ1) is 13.1. The van der Waals surface area contributed by atoms with Crippen molar-refractivity contribution in [2.75, 3.05) is 40.0 Å². The molecule has 0 amide bonds. The Balaban J connectivity index is 1.78. The number of benzene rings is 1. The summed E-state index contributed by atoms with van der Waals surface area (Å²) in [6.45, 7) is 7.06. The second kappa shape index (κ2) is 11.1. The van der Waals surface area contributed by atoms with Gasteiger partial charge in [-0.2, -0.15) is 0 Å². The van der Waals surface area contributed by atoms with Gasteiger partial charge in [0.15, 0.2) is 5.96 Å². The zero-order valence-electron chi connectivity index (χ0n) is 17.0. The van der Waals surface area contributed by atoms with Gasteiger partial charge in [0.25, 0.3) is 0 Å². The van der Waals surface area contributed by atoms with E-state index in [1.807, 2.05) is 38.1 Å². The molecule has 6 heteroatoms. The van der Waals surface area contributed by atoms with Crippen molar-refractivity contribution in [2.45, 2.75) is 45.6 Å². The molecular formula is C21H35N3O3. The highest BCUT2D eigenvalue weighted by molar-refractivity contribution is 5.79. The third kappa shape index (κ3) is 7.39. The monoisotopic (exact) mass is 377 g/mol. The van der Waals surface area contributed by atoms with Gasteiger partial charge < -0.3 is 25.2 Å². The van der Waals surface area contributed by atoms with E-state index in [2.05, 4.69) is 10.6 Å². The number of methoxy groups -OCH3 is 1. The van der Waals surface area contributed by atoms with Crippen molar-refractivity contribution in [3.05, 3.63) is 29.8 Å². The van der Waals surface area contributed by atoms with Gasteiger partial charge in [-0.3, -0.25) is 4.99 Å². The Morgan fingerprint density at radius 2 is 2.15 bits per heavy atom. The second-order valence-electron chi connectivity index (χ2n) is 7.45. The quantitative estimate of drug-likeness (QED) is 0.408. The number of nitrogens with one attached hydrogen (secondary N) is 2. The van der Waals surface area contributed by atoms with Gasteiger partial charge in [-0.05, 0) is 56.2 Å². The summed E-state index contributed by atoms with van der Waals surface area (Å²) in [5.41, 5.74) is 1.42. The molecule has 1 unspecified atom stereocenters. The van der Waals surface area contributed by atoms with Crippen LogP contribution in [0.2, 0.25) is 0 Å². The van der Waals surface area contributed by atoms with Gasteiger partial charge in [0.1, 0.15) is 18.5 Å². The van der Waals surface area contributed by atoms with Crippen molar-refractivity contribution >= 4 is 5.96 Å². The fourth-order valence-corrected chi connectivity index (χ4v) is 3.24. The summed E-state index contributed by atoms with van der Waals surface area (Å²) >= 11 is 0. The van der Waals surface area contributed by atoms with Crippen LogP contribution in [0.1, 0.15) is 38.2 Å². The molecule has 1 atom stereocenters. The average molecular weight is 378 g/mol. The van der Waals surface area contributed by atoms with Crippen LogP contribution in [0.3, 0.4) is 0 Å². The Kier molecular flexibility index (Phi) is 8.88. The molecule has 3 N–H and O–H groups in total. The van der Waals surface area contributed by atoms with E-state index in [1.165, 1.54) is 19.3 Å². The lowest BCUT2D eigenvalue weighted by molar-refractivity contribution is 0.0777. The summed E-state index contributed by atoms with van der Waals surface area (Å²) in [6, 6.07) is 7.83. The van der Waals surface area contributed by atoms with Crippen molar-refractivity contribution in [2.24, 2.45) is 10.4 Å². The van der Waals surface area contributed by atoms with E-state index in [0.29, 0.717) is 6.54 Å². The fourth-order valence-electron chi connectivity index (χ4n) is 3.24. The predicted octanol–water partition coefficient (Wildman–Crippen LogP) is 2.50. The molecule has 1 saturated carbocycles. The topological polar surface area (TPSA) is 75.1 Å². The highest BCUT2D eigenvalue weighted by Gasteiger charge is 2.36. The molecule has 1 aliphatic carbocycles. The number of aliphatic hydroxyl groups is 1. The lowest BCUT2D eigenvalue weighted by Crippen LogP contribution is -2.44. The van der Waals surface area contributed by atoms with Gasteiger partial charge in [-0.15, -0.1) is 0 Å². The van der Waals surface area contributed by atoms with Crippen LogP contribution < -0.4 is 15.4 Å². The van der Waals surface area contributed by atoms with Crippen LogP contribution in [0.4, 0.5) is 0 Å². The number of rotatable bonds is 11.